The Hall–Kier alpha value is -2.38. The van der Waals surface area contributed by atoms with E-state index in [4.69, 9.17) is 9.47 Å². The number of methoxy groups -OCH3 is 1. The lowest BCUT2D eigenvalue weighted by Crippen LogP contribution is -2.20. The van der Waals surface area contributed by atoms with E-state index >= 15 is 0 Å². The summed E-state index contributed by atoms with van der Waals surface area (Å²) in [5.41, 5.74) is 1.82. The molecule has 1 heterocycles. The van der Waals surface area contributed by atoms with Gasteiger partial charge in [0.05, 0.1) is 12.8 Å². The molecule has 0 saturated carbocycles. The molecule has 0 aliphatic carbocycles. The van der Waals surface area contributed by atoms with Crippen molar-refractivity contribution in [2.75, 3.05) is 19.0 Å². The number of hydrogen-bond donors (Lipinski definition) is 1. The van der Waals surface area contributed by atoms with Crippen LogP contribution in [-0.2, 0) is 4.79 Å². The van der Waals surface area contributed by atoms with E-state index in [-0.39, 0.29) is 12.5 Å². The predicted octanol–water partition coefficient (Wildman–Crippen LogP) is 4.60. The van der Waals surface area contributed by atoms with Crippen molar-refractivity contribution in [2.24, 2.45) is 0 Å². The number of halogens is 1. The van der Waals surface area contributed by atoms with Gasteiger partial charge in [0.2, 0.25) is 0 Å². The Morgan fingerprint density at radius 1 is 1.12 bits per heavy atom. The molecule has 1 N–H and O–H groups in total. The second kappa shape index (κ2) is 8.13. The summed E-state index contributed by atoms with van der Waals surface area (Å²) in [6.07, 6.45) is 0. The number of hydrogen-bond acceptors (Lipinski definition) is 5. The maximum atomic E-state index is 12.0. The Kier molecular flexibility index (Phi) is 5.67. The molecule has 0 bridgehead atoms. The van der Waals surface area contributed by atoms with Gasteiger partial charge in [-0.15, -0.1) is 11.3 Å². The number of thiazole rings is 1. The molecule has 0 aliphatic rings. The maximum Gasteiger partial charge on any atom is 0.264 e. The Morgan fingerprint density at radius 2 is 1.80 bits per heavy atom. The summed E-state index contributed by atoms with van der Waals surface area (Å²) in [7, 11) is 1.60. The minimum atomic E-state index is -0.257. The molecule has 0 spiro atoms. The number of carbonyl (C=O) groups is 1. The van der Waals surface area contributed by atoms with Crippen molar-refractivity contribution < 1.29 is 14.3 Å². The van der Waals surface area contributed by atoms with Gasteiger partial charge in [0.25, 0.3) is 5.91 Å². The molecule has 7 heteroatoms. The smallest absolute Gasteiger partial charge is 0.264 e. The van der Waals surface area contributed by atoms with Gasteiger partial charge < -0.3 is 9.47 Å². The Morgan fingerprint density at radius 3 is 2.48 bits per heavy atom. The lowest BCUT2D eigenvalue weighted by atomic mass is 10.2. The third kappa shape index (κ3) is 4.80. The van der Waals surface area contributed by atoms with Crippen molar-refractivity contribution >= 4 is 38.3 Å². The summed E-state index contributed by atoms with van der Waals surface area (Å²) in [5, 5.41) is 5.19. The average Bonchev–Trinajstić information content (AvgIpc) is 3.09. The summed E-state index contributed by atoms with van der Waals surface area (Å²) >= 11 is 4.78. The number of ether oxygens (including phenoxy) is 2. The molecule has 2 aromatic carbocycles. The molecule has 25 heavy (non-hydrogen) atoms. The predicted molar refractivity (Wildman–Crippen MR) is 102 cm³/mol. The molecule has 0 radical (unpaired) electrons. The number of aromatic nitrogens is 1. The van der Waals surface area contributed by atoms with Crippen molar-refractivity contribution in [1.82, 2.24) is 4.98 Å². The number of anilines is 1. The second-order valence-corrected chi connectivity index (χ2v) is 6.83. The average molecular weight is 419 g/mol. The molecule has 0 fully saturated rings. The number of amides is 1. The molecule has 128 valence electrons. The van der Waals surface area contributed by atoms with Crippen LogP contribution in [0.3, 0.4) is 0 Å². The highest BCUT2D eigenvalue weighted by atomic mass is 79.9. The van der Waals surface area contributed by atoms with Crippen LogP contribution in [0.4, 0.5) is 5.13 Å². The zero-order valence-corrected chi connectivity index (χ0v) is 15.8. The first-order valence-electron chi connectivity index (χ1n) is 7.42. The van der Waals surface area contributed by atoms with E-state index in [9.17, 15) is 4.79 Å². The van der Waals surface area contributed by atoms with E-state index in [0.29, 0.717) is 10.9 Å². The van der Waals surface area contributed by atoms with Crippen LogP contribution in [0, 0.1) is 0 Å². The van der Waals surface area contributed by atoms with Gasteiger partial charge in [0, 0.05) is 15.4 Å². The molecule has 3 aromatic rings. The van der Waals surface area contributed by atoms with Crippen LogP contribution in [0.15, 0.2) is 58.4 Å². The summed E-state index contributed by atoms with van der Waals surface area (Å²) < 4.78 is 11.5. The zero-order valence-electron chi connectivity index (χ0n) is 13.4. The monoisotopic (exact) mass is 418 g/mol. The number of benzene rings is 2. The molecule has 3 rings (SSSR count). The van der Waals surface area contributed by atoms with Gasteiger partial charge in [-0.2, -0.15) is 0 Å². The maximum absolute atomic E-state index is 12.0. The van der Waals surface area contributed by atoms with E-state index in [1.165, 1.54) is 11.3 Å². The molecule has 0 saturated heterocycles. The highest BCUT2D eigenvalue weighted by molar-refractivity contribution is 9.10. The van der Waals surface area contributed by atoms with Crippen molar-refractivity contribution in [3.63, 3.8) is 0 Å². The van der Waals surface area contributed by atoms with Crippen molar-refractivity contribution in [1.29, 1.82) is 0 Å². The van der Waals surface area contributed by atoms with Crippen LogP contribution in [0.25, 0.3) is 11.3 Å². The van der Waals surface area contributed by atoms with Gasteiger partial charge in [-0.3, -0.25) is 10.1 Å². The summed E-state index contributed by atoms with van der Waals surface area (Å²) in [5.74, 6) is 1.08. The molecule has 0 atom stereocenters. The quantitative estimate of drug-likeness (QED) is 0.635. The van der Waals surface area contributed by atoms with E-state index in [1.54, 1.807) is 31.4 Å². The van der Waals surface area contributed by atoms with Gasteiger partial charge in [-0.25, -0.2) is 4.98 Å². The molecular weight excluding hydrogens is 404 g/mol. The van der Waals surface area contributed by atoms with E-state index in [1.807, 2.05) is 29.6 Å². The molecule has 1 amide bonds. The van der Waals surface area contributed by atoms with Crippen molar-refractivity contribution in [3.05, 3.63) is 58.4 Å². The van der Waals surface area contributed by atoms with Crippen LogP contribution in [0.5, 0.6) is 11.5 Å². The largest absolute Gasteiger partial charge is 0.497 e. The Balaban J connectivity index is 1.55. The molecule has 0 aliphatic heterocycles. The first-order valence-corrected chi connectivity index (χ1v) is 9.09. The molecular formula is C18H15BrN2O3S. The number of rotatable bonds is 6. The minimum absolute atomic E-state index is 0.0838. The molecule has 5 nitrogen and oxygen atoms in total. The fraction of sp³-hybridized carbons (Fsp3) is 0.111. The Bertz CT molecular complexity index is 848. The highest BCUT2D eigenvalue weighted by Crippen LogP contribution is 2.26. The third-order valence-corrected chi connectivity index (χ3v) is 4.61. The lowest BCUT2D eigenvalue weighted by molar-refractivity contribution is -0.118. The minimum Gasteiger partial charge on any atom is -0.497 e. The first kappa shape index (κ1) is 17.4. The van der Waals surface area contributed by atoms with Crippen LogP contribution >= 0.6 is 27.3 Å². The van der Waals surface area contributed by atoms with Crippen LogP contribution in [0.2, 0.25) is 0 Å². The van der Waals surface area contributed by atoms with Gasteiger partial charge in [0.15, 0.2) is 11.7 Å². The van der Waals surface area contributed by atoms with E-state index < -0.39 is 0 Å². The number of carbonyl (C=O) groups excluding carboxylic acids is 1. The Labute approximate surface area is 157 Å². The number of nitrogens with one attached hydrogen (secondary N) is 1. The van der Waals surface area contributed by atoms with Crippen molar-refractivity contribution in [2.45, 2.75) is 0 Å². The van der Waals surface area contributed by atoms with Crippen LogP contribution < -0.4 is 14.8 Å². The highest BCUT2D eigenvalue weighted by Gasteiger charge is 2.09. The molecule has 0 unspecified atom stereocenters. The fourth-order valence-corrected chi connectivity index (χ4v) is 3.06. The topological polar surface area (TPSA) is 60.5 Å². The molecule has 1 aromatic heterocycles. The third-order valence-electron chi connectivity index (χ3n) is 3.32. The van der Waals surface area contributed by atoms with E-state index in [0.717, 1.165) is 21.5 Å². The van der Waals surface area contributed by atoms with Crippen molar-refractivity contribution in [3.8, 4) is 22.8 Å². The van der Waals surface area contributed by atoms with Gasteiger partial charge in [-0.1, -0.05) is 28.1 Å². The second-order valence-electron chi connectivity index (χ2n) is 5.06. The summed E-state index contributed by atoms with van der Waals surface area (Å²) in [4.78, 5) is 16.4. The van der Waals surface area contributed by atoms with Gasteiger partial charge in [-0.05, 0) is 36.4 Å². The van der Waals surface area contributed by atoms with Crippen LogP contribution in [0.1, 0.15) is 0 Å². The fourth-order valence-electron chi connectivity index (χ4n) is 2.06. The summed E-state index contributed by atoms with van der Waals surface area (Å²) in [6.45, 7) is -0.0838. The van der Waals surface area contributed by atoms with Gasteiger partial charge in [0.1, 0.15) is 11.5 Å². The lowest BCUT2D eigenvalue weighted by Gasteiger charge is -2.06. The SMILES string of the molecule is COc1ccc(OCC(=O)Nc2nc(-c3ccc(Br)cc3)cs2)cc1. The van der Waals surface area contributed by atoms with Gasteiger partial charge >= 0.3 is 0 Å². The summed E-state index contributed by atoms with van der Waals surface area (Å²) in [6, 6.07) is 14.9. The number of nitrogens with zero attached hydrogens (tertiary/aromatic N) is 1. The standard InChI is InChI=1S/C18H15BrN2O3S/c1-23-14-6-8-15(9-7-14)24-10-17(22)21-18-20-16(11-25-18)12-2-4-13(19)5-3-12/h2-9,11H,10H2,1H3,(H,20,21,22). The van der Waals surface area contributed by atoms with E-state index in [2.05, 4.69) is 26.2 Å². The zero-order chi connectivity index (χ0) is 17.6. The normalized spacial score (nSPS) is 10.3. The van der Waals surface area contributed by atoms with Crippen LogP contribution in [-0.4, -0.2) is 24.6 Å². The first-order chi connectivity index (χ1) is 12.1.